The Morgan fingerprint density at radius 1 is 1.38 bits per heavy atom. The molecule has 0 aromatic carbocycles. The van der Waals surface area contributed by atoms with Crippen LogP contribution in [-0.4, -0.2) is 37.0 Å². The number of rotatable bonds is 8. The van der Waals surface area contributed by atoms with Crippen LogP contribution in [0, 0.1) is 0 Å². The molecule has 1 rings (SSSR count). The van der Waals surface area contributed by atoms with Gasteiger partial charge in [-0.25, -0.2) is 8.78 Å². The maximum absolute atomic E-state index is 12.2. The molecule has 0 aliphatic heterocycles. The Hall–Kier alpha value is -0.660. The van der Waals surface area contributed by atoms with Crippen LogP contribution in [-0.2, 0) is 11.2 Å². The molecule has 0 unspecified atom stereocenters. The van der Waals surface area contributed by atoms with Gasteiger partial charge in [-0.3, -0.25) is 0 Å². The molecular weight excluding hydrogens is 236 g/mol. The average Bonchev–Trinajstić information content (AvgIpc) is 2.72. The third-order valence-corrected chi connectivity index (χ3v) is 2.89. The van der Waals surface area contributed by atoms with Gasteiger partial charge in [0.15, 0.2) is 5.01 Å². The first-order chi connectivity index (χ1) is 7.74. The van der Waals surface area contributed by atoms with Crippen molar-refractivity contribution in [1.82, 2.24) is 15.5 Å². The summed E-state index contributed by atoms with van der Waals surface area (Å²) in [6.07, 6.45) is -0.961. The van der Waals surface area contributed by atoms with Crippen LogP contribution in [0.15, 0.2) is 0 Å². The fourth-order valence-corrected chi connectivity index (χ4v) is 1.86. The lowest BCUT2D eigenvalue weighted by Gasteiger charge is -2.01. The first kappa shape index (κ1) is 13.4. The van der Waals surface area contributed by atoms with Gasteiger partial charge in [-0.2, -0.15) is 0 Å². The van der Waals surface area contributed by atoms with E-state index in [2.05, 4.69) is 15.5 Å². The van der Waals surface area contributed by atoms with Crippen LogP contribution in [0.2, 0.25) is 0 Å². The van der Waals surface area contributed by atoms with E-state index < -0.39 is 6.43 Å². The summed E-state index contributed by atoms with van der Waals surface area (Å²) >= 11 is 0.985. The molecule has 0 saturated carbocycles. The molecule has 0 aliphatic carbocycles. The van der Waals surface area contributed by atoms with Crippen molar-refractivity contribution in [2.45, 2.75) is 19.3 Å². The first-order valence-electron chi connectivity index (χ1n) is 5.04. The number of nitrogens with zero attached hydrogens (tertiary/aromatic N) is 2. The maximum atomic E-state index is 12.2. The number of nitrogens with one attached hydrogen (secondary N) is 1. The lowest BCUT2D eigenvalue weighted by atomic mass is 10.3. The van der Waals surface area contributed by atoms with Gasteiger partial charge < -0.3 is 10.1 Å². The van der Waals surface area contributed by atoms with Gasteiger partial charge in [0, 0.05) is 20.1 Å². The minimum Gasteiger partial charge on any atom is -0.383 e. The SMILES string of the molecule is COCCNCCCc1nnc(C(F)F)s1. The largest absolute Gasteiger partial charge is 0.383 e. The predicted molar refractivity (Wildman–Crippen MR) is 57.9 cm³/mol. The maximum Gasteiger partial charge on any atom is 0.291 e. The third kappa shape index (κ3) is 4.91. The van der Waals surface area contributed by atoms with Gasteiger partial charge in [0.05, 0.1) is 6.61 Å². The summed E-state index contributed by atoms with van der Waals surface area (Å²) in [6, 6.07) is 0. The highest BCUT2D eigenvalue weighted by Crippen LogP contribution is 2.22. The van der Waals surface area contributed by atoms with Gasteiger partial charge in [-0.15, -0.1) is 10.2 Å². The molecule has 0 atom stereocenters. The standard InChI is InChI=1S/C9H15F2N3OS/c1-15-6-5-12-4-2-3-7-13-14-9(16-7)8(10)11/h8,12H,2-6H2,1H3. The molecule has 0 radical (unpaired) electrons. The van der Waals surface area contributed by atoms with Crippen LogP contribution in [0.4, 0.5) is 8.78 Å². The molecule has 0 fully saturated rings. The van der Waals surface area contributed by atoms with Gasteiger partial charge in [0.2, 0.25) is 0 Å². The number of aryl methyl sites for hydroxylation is 1. The Bertz CT molecular complexity index is 296. The van der Waals surface area contributed by atoms with Crippen molar-refractivity contribution in [3.05, 3.63) is 10.0 Å². The minimum atomic E-state index is -2.51. The molecule has 0 aliphatic rings. The molecule has 0 spiro atoms. The van der Waals surface area contributed by atoms with E-state index in [0.717, 1.165) is 30.8 Å². The van der Waals surface area contributed by atoms with Crippen LogP contribution in [0.25, 0.3) is 0 Å². The molecule has 4 nitrogen and oxygen atoms in total. The molecule has 1 aromatic rings. The monoisotopic (exact) mass is 251 g/mol. The quantitative estimate of drug-likeness (QED) is 0.714. The van der Waals surface area contributed by atoms with Crippen molar-refractivity contribution in [2.24, 2.45) is 0 Å². The fraction of sp³-hybridized carbons (Fsp3) is 0.778. The van der Waals surface area contributed by atoms with E-state index in [1.54, 1.807) is 7.11 Å². The second kappa shape index (κ2) is 7.59. The molecule has 0 amide bonds. The number of alkyl halides is 2. The van der Waals surface area contributed by atoms with Crippen LogP contribution in [0.1, 0.15) is 22.9 Å². The Labute approximate surface area is 97.0 Å². The van der Waals surface area contributed by atoms with Crippen LogP contribution in [0.5, 0.6) is 0 Å². The van der Waals surface area contributed by atoms with Crippen molar-refractivity contribution in [3.63, 3.8) is 0 Å². The van der Waals surface area contributed by atoms with E-state index >= 15 is 0 Å². The number of aromatic nitrogens is 2. The summed E-state index contributed by atoms with van der Waals surface area (Å²) in [5.74, 6) is 0. The van der Waals surface area contributed by atoms with E-state index in [4.69, 9.17) is 4.74 Å². The highest BCUT2D eigenvalue weighted by Gasteiger charge is 2.13. The molecule has 1 heterocycles. The molecule has 7 heteroatoms. The Kier molecular flexibility index (Phi) is 6.36. The molecule has 0 bridgehead atoms. The van der Waals surface area contributed by atoms with E-state index in [-0.39, 0.29) is 5.01 Å². The summed E-state index contributed by atoms with van der Waals surface area (Å²) in [6.45, 7) is 2.30. The van der Waals surface area contributed by atoms with Crippen molar-refractivity contribution in [1.29, 1.82) is 0 Å². The zero-order chi connectivity index (χ0) is 11.8. The number of methoxy groups -OCH3 is 1. The second-order valence-corrected chi connectivity index (χ2v) is 4.27. The van der Waals surface area contributed by atoms with Gasteiger partial charge in [-0.1, -0.05) is 11.3 Å². The van der Waals surface area contributed by atoms with Crippen molar-refractivity contribution < 1.29 is 13.5 Å². The van der Waals surface area contributed by atoms with E-state index in [9.17, 15) is 8.78 Å². The lowest BCUT2D eigenvalue weighted by molar-refractivity contribution is 0.150. The molecule has 1 N–H and O–H groups in total. The van der Waals surface area contributed by atoms with E-state index in [0.29, 0.717) is 18.0 Å². The van der Waals surface area contributed by atoms with E-state index in [1.807, 2.05) is 0 Å². The summed E-state index contributed by atoms with van der Waals surface area (Å²) in [5.41, 5.74) is 0. The van der Waals surface area contributed by atoms with Gasteiger partial charge >= 0.3 is 0 Å². The number of ether oxygens (including phenoxy) is 1. The average molecular weight is 251 g/mol. The number of hydrogen-bond donors (Lipinski definition) is 1. The summed E-state index contributed by atoms with van der Waals surface area (Å²) in [4.78, 5) is 0. The predicted octanol–water partition coefficient (Wildman–Crippen LogP) is 1.64. The third-order valence-electron chi connectivity index (χ3n) is 1.90. The lowest BCUT2D eigenvalue weighted by Crippen LogP contribution is -2.20. The summed E-state index contributed by atoms with van der Waals surface area (Å²) in [7, 11) is 1.65. The Morgan fingerprint density at radius 2 is 2.19 bits per heavy atom. The number of halogens is 2. The smallest absolute Gasteiger partial charge is 0.291 e. The van der Waals surface area contributed by atoms with E-state index in [1.165, 1.54) is 0 Å². The second-order valence-electron chi connectivity index (χ2n) is 3.18. The van der Waals surface area contributed by atoms with Crippen LogP contribution < -0.4 is 5.32 Å². The summed E-state index contributed by atoms with van der Waals surface area (Å²) in [5, 5.41) is 10.8. The van der Waals surface area contributed by atoms with Crippen molar-refractivity contribution in [3.8, 4) is 0 Å². The normalized spacial score (nSPS) is 11.2. The Morgan fingerprint density at radius 3 is 2.81 bits per heavy atom. The highest BCUT2D eigenvalue weighted by molar-refractivity contribution is 7.11. The first-order valence-corrected chi connectivity index (χ1v) is 5.85. The Balaban J connectivity index is 2.12. The molecule has 16 heavy (non-hydrogen) atoms. The summed E-state index contributed by atoms with van der Waals surface area (Å²) < 4.78 is 29.2. The van der Waals surface area contributed by atoms with Gasteiger partial charge in [0.25, 0.3) is 6.43 Å². The van der Waals surface area contributed by atoms with Crippen LogP contribution >= 0.6 is 11.3 Å². The van der Waals surface area contributed by atoms with Crippen molar-refractivity contribution in [2.75, 3.05) is 26.8 Å². The highest BCUT2D eigenvalue weighted by atomic mass is 32.1. The zero-order valence-electron chi connectivity index (χ0n) is 9.08. The molecular formula is C9H15F2N3OS. The number of hydrogen-bond acceptors (Lipinski definition) is 5. The fourth-order valence-electron chi connectivity index (χ4n) is 1.12. The van der Waals surface area contributed by atoms with Crippen molar-refractivity contribution >= 4 is 11.3 Å². The zero-order valence-corrected chi connectivity index (χ0v) is 9.90. The molecule has 0 saturated heterocycles. The minimum absolute atomic E-state index is 0.192. The molecule has 92 valence electrons. The van der Waals surface area contributed by atoms with Gasteiger partial charge in [-0.05, 0) is 13.0 Å². The molecule has 1 aromatic heterocycles. The van der Waals surface area contributed by atoms with Crippen LogP contribution in [0.3, 0.4) is 0 Å². The topological polar surface area (TPSA) is 47.0 Å². The van der Waals surface area contributed by atoms with Gasteiger partial charge in [0.1, 0.15) is 5.01 Å².